The van der Waals surface area contributed by atoms with Crippen LogP contribution in [0, 0.1) is 0 Å². The number of rotatable bonds is 2. The Morgan fingerprint density at radius 1 is 0.857 bits per heavy atom. The molecule has 0 amide bonds. The standard InChI is InChI=1S/C10H17NO2S/c12-14(13,8-4-1-2-5-8)11-9-6-3-7-10(9)11/h8-10H,1-7H2. The van der Waals surface area contributed by atoms with Crippen molar-refractivity contribution in [3.05, 3.63) is 0 Å². The second-order valence-electron chi connectivity index (χ2n) is 4.85. The summed E-state index contributed by atoms with van der Waals surface area (Å²) < 4.78 is 26.1. The third-order valence-electron chi connectivity index (χ3n) is 4.03. The first-order valence-electron chi connectivity index (χ1n) is 5.73. The van der Waals surface area contributed by atoms with Crippen LogP contribution in [0.25, 0.3) is 0 Å². The van der Waals surface area contributed by atoms with Crippen molar-refractivity contribution < 1.29 is 8.42 Å². The number of sulfonamides is 1. The van der Waals surface area contributed by atoms with E-state index in [2.05, 4.69) is 0 Å². The molecule has 3 fully saturated rings. The Balaban J connectivity index is 1.77. The molecule has 4 heteroatoms. The Morgan fingerprint density at radius 2 is 1.43 bits per heavy atom. The smallest absolute Gasteiger partial charge is 0.212 e. The van der Waals surface area contributed by atoms with Crippen molar-refractivity contribution in [2.45, 2.75) is 62.3 Å². The average molecular weight is 215 g/mol. The highest BCUT2D eigenvalue weighted by Crippen LogP contribution is 2.47. The monoisotopic (exact) mass is 215 g/mol. The number of hydrogen-bond donors (Lipinski definition) is 0. The van der Waals surface area contributed by atoms with Gasteiger partial charge >= 0.3 is 0 Å². The highest BCUT2D eigenvalue weighted by molar-refractivity contribution is 7.90. The molecule has 2 atom stereocenters. The predicted molar refractivity (Wildman–Crippen MR) is 54.4 cm³/mol. The van der Waals surface area contributed by atoms with Gasteiger partial charge in [0.25, 0.3) is 0 Å². The van der Waals surface area contributed by atoms with Gasteiger partial charge in [0, 0.05) is 12.1 Å². The van der Waals surface area contributed by atoms with E-state index in [1.54, 1.807) is 0 Å². The van der Waals surface area contributed by atoms with Gasteiger partial charge in [0.15, 0.2) is 0 Å². The zero-order valence-corrected chi connectivity index (χ0v) is 9.17. The van der Waals surface area contributed by atoms with E-state index < -0.39 is 10.0 Å². The van der Waals surface area contributed by atoms with Crippen molar-refractivity contribution in [2.75, 3.05) is 0 Å². The van der Waals surface area contributed by atoms with Crippen molar-refractivity contribution >= 4 is 10.0 Å². The summed E-state index contributed by atoms with van der Waals surface area (Å²) in [7, 11) is -2.89. The summed E-state index contributed by atoms with van der Waals surface area (Å²) in [5.41, 5.74) is 0. The highest BCUT2D eigenvalue weighted by atomic mass is 32.2. The van der Waals surface area contributed by atoms with Gasteiger partial charge < -0.3 is 0 Å². The van der Waals surface area contributed by atoms with Gasteiger partial charge in [0.2, 0.25) is 10.0 Å². The average Bonchev–Trinajstić information content (AvgIpc) is 2.66. The summed E-state index contributed by atoms with van der Waals surface area (Å²) in [6, 6.07) is 0.807. The van der Waals surface area contributed by atoms with Crippen molar-refractivity contribution in [2.24, 2.45) is 0 Å². The maximum absolute atomic E-state index is 12.1. The van der Waals surface area contributed by atoms with Crippen LogP contribution >= 0.6 is 0 Å². The summed E-state index contributed by atoms with van der Waals surface area (Å²) in [6.07, 6.45) is 7.45. The summed E-state index contributed by atoms with van der Waals surface area (Å²) in [4.78, 5) is 0. The fourth-order valence-corrected chi connectivity index (χ4v) is 5.69. The number of nitrogens with zero attached hydrogens (tertiary/aromatic N) is 1. The van der Waals surface area contributed by atoms with Crippen molar-refractivity contribution in [1.29, 1.82) is 0 Å². The third-order valence-corrected chi connectivity index (χ3v) is 6.47. The Bertz CT molecular complexity index is 322. The van der Waals surface area contributed by atoms with Crippen LogP contribution in [0.3, 0.4) is 0 Å². The van der Waals surface area contributed by atoms with E-state index in [9.17, 15) is 8.42 Å². The fourth-order valence-electron chi connectivity index (χ4n) is 3.22. The van der Waals surface area contributed by atoms with Gasteiger partial charge in [-0.15, -0.1) is 0 Å². The second kappa shape index (κ2) is 2.95. The molecule has 1 heterocycles. The summed E-state index contributed by atoms with van der Waals surface area (Å²) >= 11 is 0. The van der Waals surface area contributed by atoms with Gasteiger partial charge in [-0.1, -0.05) is 19.3 Å². The molecule has 3 aliphatic rings. The van der Waals surface area contributed by atoms with Crippen LogP contribution in [0.4, 0.5) is 0 Å². The molecule has 0 bridgehead atoms. The largest absolute Gasteiger partial charge is 0.217 e. The summed E-state index contributed by atoms with van der Waals surface area (Å²) in [5.74, 6) is 0. The van der Waals surface area contributed by atoms with Gasteiger partial charge in [0.1, 0.15) is 0 Å². The zero-order valence-electron chi connectivity index (χ0n) is 8.35. The maximum Gasteiger partial charge on any atom is 0.217 e. The lowest BCUT2D eigenvalue weighted by atomic mass is 10.3. The Labute approximate surface area is 85.5 Å². The molecule has 0 N–H and O–H groups in total. The molecule has 3 rings (SSSR count). The molecule has 80 valence electrons. The molecule has 0 aromatic carbocycles. The Hall–Kier alpha value is -0.0900. The van der Waals surface area contributed by atoms with Crippen LogP contribution in [-0.2, 0) is 10.0 Å². The lowest BCUT2D eigenvalue weighted by Gasteiger charge is -2.14. The van der Waals surface area contributed by atoms with Crippen molar-refractivity contribution in [3.63, 3.8) is 0 Å². The molecule has 0 aromatic heterocycles. The van der Waals surface area contributed by atoms with Crippen LogP contribution in [-0.4, -0.2) is 30.1 Å². The van der Waals surface area contributed by atoms with Gasteiger partial charge in [-0.25, -0.2) is 8.42 Å². The topological polar surface area (TPSA) is 37.1 Å². The van der Waals surface area contributed by atoms with Gasteiger partial charge in [-0.2, -0.15) is 4.31 Å². The quantitative estimate of drug-likeness (QED) is 0.654. The van der Waals surface area contributed by atoms with Gasteiger partial charge in [-0.3, -0.25) is 0 Å². The first kappa shape index (κ1) is 9.16. The Kier molecular flexibility index (Phi) is 1.93. The Morgan fingerprint density at radius 3 is 2.00 bits per heavy atom. The molecule has 0 spiro atoms. The van der Waals surface area contributed by atoms with Crippen LogP contribution < -0.4 is 0 Å². The number of fused-ring (bicyclic) bond motifs is 1. The molecule has 2 aliphatic carbocycles. The first-order chi connectivity index (χ1) is 6.71. The van der Waals surface area contributed by atoms with Crippen molar-refractivity contribution in [1.82, 2.24) is 4.31 Å². The zero-order chi connectivity index (χ0) is 9.76. The van der Waals surface area contributed by atoms with E-state index in [1.807, 2.05) is 4.31 Å². The summed E-state index contributed by atoms with van der Waals surface area (Å²) in [6.45, 7) is 0. The minimum atomic E-state index is -2.89. The van der Waals surface area contributed by atoms with Crippen LogP contribution in [0.2, 0.25) is 0 Å². The molecule has 14 heavy (non-hydrogen) atoms. The molecule has 0 aromatic rings. The van der Waals surface area contributed by atoms with E-state index in [0.29, 0.717) is 12.1 Å². The third kappa shape index (κ3) is 1.16. The van der Waals surface area contributed by atoms with E-state index in [0.717, 1.165) is 38.5 Å². The molecule has 1 saturated heterocycles. The molecular formula is C10H17NO2S. The van der Waals surface area contributed by atoms with E-state index in [-0.39, 0.29) is 5.25 Å². The molecule has 3 nitrogen and oxygen atoms in total. The SMILES string of the molecule is O=S(=O)(C1CCCC1)N1C2CCCC21. The van der Waals surface area contributed by atoms with E-state index >= 15 is 0 Å². The van der Waals surface area contributed by atoms with Gasteiger partial charge in [0.05, 0.1) is 5.25 Å². The van der Waals surface area contributed by atoms with Gasteiger partial charge in [-0.05, 0) is 25.7 Å². The fraction of sp³-hybridized carbons (Fsp3) is 1.00. The minimum absolute atomic E-state index is 0.0342. The van der Waals surface area contributed by atoms with Crippen LogP contribution in [0.5, 0.6) is 0 Å². The van der Waals surface area contributed by atoms with Crippen molar-refractivity contribution in [3.8, 4) is 0 Å². The van der Waals surface area contributed by atoms with Crippen LogP contribution in [0.1, 0.15) is 44.9 Å². The van der Waals surface area contributed by atoms with E-state index in [1.165, 1.54) is 6.42 Å². The lowest BCUT2D eigenvalue weighted by molar-refractivity contribution is 0.503. The van der Waals surface area contributed by atoms with E-state index in [4.69, 9.17) is 0 Å². The molecule has 2 saturated carbocycles. The maximum atomic E-state index is 12.1. The minimum Gasteiger partial charge on any atom is -0.212 e. The lowest BCUT2D eigenvalue weighted by Crippen LogP contribution is -2.28. The molecular weight excluding hydrogens is 198 g/mol. The molecule has 1 aliphatic heterocycles. The highest BCUT2D eigenvalue weighted by Gasteiger charge is 2.58. The molecule has 0 radical (unpaired) electrons. The number of hydrogen-bond acceptors (Lipinski definition) is 2. The summed E-state index contributed by atoms with van der Waals surface area (Å²) in [5, 5.41) is -0.0342. The number of piperidine rings is 1. The normalized spacial score (nSPS) is 42.7. The second-order valence-corrected chi connectivity index (χ2v) is 6.97. The molecule has 2 unspecified atom stereocenters. The predicted octanol–water partition coefficient (Wildman–Crippen LogP) is 1.50. The first-order valence-corrected chi connectivity index (χ1v) is 7.24. The van der Waals surface area contributed by atoms with Crippen LogP contribution in [0.15, 0.2) is 0 Å².